The molecule has 82 valence electrons. The molecule has 1 aliphatic rings. The van der Waals surface area contributed by atoms with E-state index in [1.807, 2.05) is 6.92 Å². The number of ether oxygens (including phenoxy) is 1. The summed E-state index contributed by atoms with van der Waals surface area (Å²) in [7, 11) is 0. The molecule has 0 unspecified atom stereocenters. The zero-order chi connectivity index (χ0) is 10.8. The van der Waals surface area contributed by atoms with Crippen molar-refractivity contribution >= 4 is 5.69 Å². The van der Waals surface area contributed by atoms with Crippen LogP contribution in [0, 0.1) is 12.8 Å². The summed E-state index contributed by atoms with van der Waals surface area (Å²) >= 11 is 0. The lowest BCUT2D eigenvalue weighted by Gasteiger charge is -2.11. The van der Waals surface area contributed by atoms with E-state index in [-0.39, 0.29) is 5.56 Å². The van der Waals surface area contributed by atoms with Crippen molar-refractivity contribution in [2.24, 2.45) is 5.92 Å². The second-order valence-corrected chi connectivity index (χ2v) is 4.08. The van der Waals surface area contributed by atoms with Gasteiger partial charge >= 0.3 is 0 Å². The van der Waals surface area contributed by atoms with Crippen LogP contribution in [0.15, 0.2) is 16.9 Å². The van der Waals surface area contributed by atoms with Crippen LogP contribution in [-0.2, 0) is 11.5 Å². The monoisotopic (exact) mass is 208 g/mol. The lowest BCUT2D eigenvalue weighted by molar-refractivity contribution is 0.0657. The van der Waals surface area contributed by atoms with Gasteiger partial charge < -0.3 is 10.5 Å². The van der Waals surface area contributed by atoms with Gasteiger partial charge in [-0.25, -0.2) is 0 Å². The Morgan fingerprint density at radius 2 is 2.27 bits per heavy atom. The normalized spacial score (nSPS) is 15.5. The van der Waals surface area contributed by atoms with Gasteiger partial charge in [0.2, 0.25) is 0 Å². The summed E-state index contributed by atoms with van der Waals surface area (Å²) in [5, 5.41) is 0. The van der Waals surface area contributed by atoms with Crippen LogP contribution in [0.5, 0.6) is 0 Å². The maximum absolute atomic E-state index is 11.5. The van der Waals surface area contributed by atoms with Crippen molar-refractivity contribution < 1.29 is 4.74 Å². The lowest BCUT2D eigenvalue weighted by atomic mass is 10.3. The van der Waals surface area contributed by atoms with E-state index in [4.69, 9.17) is 10.5 Å². The van der Waals surface area contributed by atoms with Gasteiger partial charge in [0.05, 0.1) is 12.3 Å². The van der Waals surface area contributed by atoms with Gasteiger partial charge in [-0.15, -0.1) is 0 Å². The van der Waals surface area contributed by atoms with E-state index < -0.39 is 0 Å². The Hall–Kier alpha value is -1.29. The molecule has 0 spiro atoms. The highest BCUT2D eigenvalue weighted by Gasteiger charge is 2.21. The average Bonchev–Trinajstić information content (AvgIpc) is 3.01. The molecular weight excluding hydrogens is 192 g/mol. The molecule has 15 heavy (non-hydrogen) atoms. The second-order valence-electron chi connectivity index (χ2n) is 4.08. The molecule has 1 heterocycles. The number of aromatic nitrogens is 1. The molecule has 2 rings (SSSR count). The first kappa shape index (κ1) is 10.2. The number of hydrogen-bond acceptors (Lipinski definition) is 3. The first-order valence-corrected chi connectivity index (χ1v) is 5.22. The molecular formula is C11H16N2O2. The van der Waals surface area contributed by atoms with Gasteiger partial charge in [0.1, 0.15) is 6.73 Å². The predicted octanol–water partition coefficient (Wildman–Crippen LogP) is 1.12. The van der Waals surface area contributed by atoms with Crippen molar-refractivity contribution in [3.63, 3.8) is 0 Å². The maximum atomic E-state index is 11.5. The van der Waals surface area contributed by atoms with Crippen molar-refractivity contribution in [2.45, 2.75) is 26.5 Å². The van der Waals surface area contributed by atoms with Crippen molar-refractivity contribution in [2.75, 3.05) is 12.3 Å². The van der Waals surface area contributed by atoms with Gasteiger partial charge in [-0.05, 0) is 31.7 Å². The predicted molar refractivity (Wildman–Crippen MR) is 58.5 cm³/mol. The summed E-state index contributed by atoms with van der Waals surface area (Å²) in [5.41, 5.74) is 7.07. The Morgan fingerprint density at radius 3 is 2.93 bits per heavy atom. The minimum atomic E-state index is -0.0579. The Labute approximate surface area is 88.7 Å². The van der Waals surface area contributed by atoms with Crippen LogP contribution >= 0.6 is 0 Å². The lowest BCUT2D eigenvalue weighted by Crippen LogP contribution is -2.24. The highest BCUT2D eigenvalue weighted by atomic mass is 16.5. The van der Waals surface area contributed by atoms with E-state index >= 15 is 0 Å². The number of pyridine rings is 1. The Bertz CT molecular complexity index is 408. The van der Waals surface area contributed by atoms with Crippen molar-refractivity contribution in [1.82, 2.24) is 4.57 Å². The van der Waals surface area contributed by atoms with Crippen LogP contribution in [0.1, 0.15) is 18.5 Å². The fourth-order valence-electron chi connectivity index (χ4n) is 1.45. The van der Waals surface area contributed by atoms with Crippen LogP contribution in [0.4, 0.5) is 5.69 Å². The molecule has 1 aromatic heterocycles. The molecule has 0 aromatic carbocycles. The molecule has 1 saturated carbocycles. The molecule has 1 aliphatic carbocycles. The third-order valence-electron chi connectivity index (χ3n) is 2.77. The highest BCUT2D eigenvalue weighted by molar-refractivity contribution is 5.41. The molecule has 4 heteroatoms. The maximum Gasteiger partial charge on any atom is 0.252 e. The van der Waals surface area contributed by atoms with E-state index in [1.54, 1.807) is 10.6 Å². The minimum Gasteiger partial charge on any atom is -0.397 e. The summed E-state index contributed by atoms with van der Waals surface area (Å²) in [6, 6.07) is 3.11. The van der Waals surface area contributed by atoms with Gasteiger partial charge in [0.25, 0.3) is 5.56 Å². The third-order valence-corrected chi connectivity index (χ3v) is 2.77. The number of nitrogens with zero attached hydrogens (tertiary/aromatic N) is 1. The highest BCUT2D eigenvalue weighted by Crippen LogP contribution is 2.28. The molecule has 4 nitrogen and oxygen atoms in total. The second kappa shape index (κ2) is 4.06. The fourth-order valence-corrected chi connectivity index (χ4v) is 1.45. The molecule has 1 fully saturated rings. The summed E-state index contributed by atoms with van der Waals surface area (Å²) in [6.45, 7) is 2.89. The number of nitrogens with two attached hydrogens (primary N) is 1. The summed E-state index contributed by atoms with van der Waals surface area (Å²) < 4.78 is 7.03. The number of hydrogen-bond donors (Lipinski definition) is 1. The van der Waals surface area contributed by atoms with Gasteiger partial charge in [-0.1, -0.05) is 0 Å². The number of anilines is 1. The third kappa shape index (κ3) is 2.39. The molecule has 0 saturated heterocycles. The standard InChI is InChI=1S/C11H16N2O2/c1-8-10(12)4-5-11(14)13(8)7-15-6-9-2-3-9/h4-5,9H,2-3,6-7,12H2,1H3. The smallest absolute Gasteiger partial charge is 0.252 e. The van der Waals surface area contributed by atoms with E-state index in [0.29, 0.717) is 18.3 Å². The van der Waals surface area contributed by atoms with Crippen LogP contribution in [0.3, 0.4) is 0 Å². The molecule has 2 N–H and O–H groups in total. The van der Waals surface area contributed by atoms with Gasteiger partial charge in [0.15, 0.2) is 0 Å². The molecule has 0 radical (unpaired) electrons. The average molecular weight is 208 g/mol. The van der Waals surface area contributed by atoms with E-state index in [9.17, 15) is 4.79 Å². The topological polar surface area (TPSA) is 57.2 Å². The van der Waals surface area contributed by atoms with E-state index in [0.717, 1.165) is 12.3 Å². The Balaban J connectivity index is 2.04. The molecule has 0 aliphatic heterocycles. The molecule has 0 amide bonds. The Morgan fingerprint density at radius 1 is 1.53 bits per heavy atom. The first-order chi connectivity index (χ1) is 7.18. The summed E-state index contributed by atoms with van der Waals surface area (Å²) in [5.74, 6) is 0.710. The molecule has 0 bridgehead atoms. The quantitative estimate of drug-likeness (QED) is 0.806. The van der Waals surface area contributed by atoms with Crippen molar-refractivity contribution in [3.8, 4) is 0 Å². The van der Waals surface area contributed by atoms with Gasteiger partial charge in [-0.3, -0.25) is 9.36 Å². The largest absolute Gasteiger partial charge is 0.397 e. The summed E-state index contributed by atoms with van der Waals surface area (Å²) in [6.07, 6.45) is 2.51. The van der Waals surface area contributed by atoms with Crippen LogP contribution in [-0.4, -0.2) is 11.2 Å². The fraction of sp³-hybridized carbons (Fsp3) is 0.545. The van der Waals surface area contributed by atoms with Crippen LogP contribution in [0.2, 0.25) is 0 Å². The van der Waals surface area contributed by atoms with Crippen LogP contribution < -0.4 is 11.3 Å². The SMILES string of the molecule is Cc1c(N)ccc(=O)n1COCC1CC1. The van der Waals surface area contributed by atoms with Crippen molar-refractivity contribution in [1.29, 1.82) is 0 Å². The Kier molecular flexibility index (Phi) is 2.77. The molecule has 1 aromatic rings. The van der Waals surface area contributed by atoms with Gasteiger partial charge in [-0.2, -0.15) is 0 Å². The zero-order valence-electron chi connectivity index (χ0n) is 8.90. The van der Waals surface area contributed by atoms with Crippen LogP contribution in [0.25, 0.3) is 0 Å². The summed E-state index contributed by atoms with van der Waals surface area (Å²) in [4.78, 5) is 11.5. The number of nitrogen functional groups attached to an aromatic ring is 1. The minimum absolute atomic E-state index is 0.0579. The van der Waals surface area contributed by atoms with Gasteiger partial charge in [0, 0.05) is 11.8 Å². The van der Waals surface area contributed by atoms with Crippen molar-refractivity contribution in [3.05, 3.63) is 28.2 Å². The zero-order valence-corrected chi connectivity index (χ0v) is 8.90. The molecule has 0 atom stereocenters. The number of rotatable bonds is 4. The van der Waals surface area contributed by atoms with E-state index in [1.165, 1.54) is 18.9 Å². The first-order valence-electron chi connectivity index (χ1n) is 5.22. The van der Waals surface area contributed by atoms with E-state index in [2.05, 4.69) is 0 Å².